The molecule has 2 N–H and O–H groups in total. The average molecular weight is 282 g/mol. The predicted molar refractivity (Wildman–Crippen MR) is 82.3 cm³/mol. The van der Waals surface area contributed by atoms with Crippen LogP contribution in [0.25, 0.3) is 0 Å². The maximum absolute atomic E-state index is 12.4. The van der Waals surface area contributed by atoms with Gasteiger partial charge in [-0.2, -0.15) is 0 Å². The summed E-state index contributed by atoms with van der Waals surface area (Å²) in [6.07, 6.45) is 1.70. The van der Waals surface area contributed by atoms with E-state index in [-0.39, 0.29) is 12.1 Å². The molecule has 21 heavy (non-hydrogen) atoms. The van der Waals surface area contributed by atoms with Gasteiger partial charge in [0.1, 0.15) is 5.75 Å². The number of para-hydroxylation sites is 1. The van der Waals surface area contributed by atoms with Gasteiger partial charge in [0.2, 0.25) is 0 Å². The van der Waals surface area contributed by atoms with Gasteiger partial charge in [-0.15, -0.1) is 0 Å². The Bertz CT molecular complexity index is 606. The Balaban J connectivity index is 1.79. The first-order chi connectivity index (χ1) is 10.3. The average Bonchev–Trinajstić information content (AvgIpc) is 3.34. The molecule has 0 spiro atoms. The van der Waals surface area contributed by atoms with Crippen molar-refractivity contribution in [1.29, 1.82) is 0 Å². The van der Waals surface area contributed by atoms with Crippen LogP contribution in [0.4, 0.5) is 10.5 Å². The highest BCUT2D eigenvalue weighted by Gasteiger charge is 2.35. The fourth-order valence-electron chi connectivity index (χ4n) is 2.23. The van der Waals surface area contributed by atoms with E-state index < -0.39 is 0 Å². The van der Waals surface area contributed by atoms with Crippen molar-refractivity contribution in [3.8, 4) is 5.75 Å². The van der Waals surface area contributed by atoms with Crippen LogP contribution in [0.1, 0.15) is 18.4 Å². The number of nitrogens with zero attached hydrogens (tertiary/aromatic N) is 1. The van der Waals surface area contributed by atoms with Crippen LogP contribution >= 0.6 is 0 Å². The predicted octanol–water partition coefficient (Wildman–Crippen LogP) is 3.31. The van der Waals surface area contributed by atoms with E-state index in [9.17, 15) is 4.79 Å². The van der Waals surface area contributed by atoms with Gasteiger partial charge in [0.25, 0.3) is 0 Å². The number of carbonyl (C=O) groups is 1. The van der Waals surface area contributed by atoms with E-state index in [0.717, 1.165) is 24.1 Å². The van der Waals surface area contributed by atoms with E-state index in [1.807, 2.05) is 42.5 Å². The molecular weight excluding hydrogens is 264 g/mol. The Hall–Kier alpha value is -2.33. The van der Waals surface area contributed by atoms with Crippen LogP contribution < -0.4 is 15.4 Å². The van der Waals surface area contributed by atoms with Gasteiger partial charge in [0.15, 0.2) is 0 Å². The monoisotopic (exact) mass is 282 g/mol. The Labute approximate surface area is 124 Å². The molecule has 1 aliphatic rings. The highest BCUT2D eigenvalue weighted by atomic mass is 16.6. The number of amides is 1. The molecule has 1 amide bonds. The lowest BCUT2D eigenvalue weighted by Gasteiger charge is -2.22. The number of carbonyl (C=O) groups excluding carboxylic acids is 1. The van der Waals surface area contributed by atoms with Crippen molar-refractivity contribution >= 4 is 11.8 Å². The van der Waals surface area contributed by atoms with Crippen molar-refractivity contribution in [2.45, 2.75) is 25.4 Å². The van der Waals surface area contributed by atoms with Crippen LogP contribution in [0.2, 0.25) is 0 Å². The molecule has 2 aromatic carbocycles. The van der Waals surface area contributed by atoms with Gasteiger partial charge in [-0.1, -0.05) is 30.3 Å². The van der Waals surface area contributed by atoms with Crippen molar-refractivity contribution in [3.63, 3.8) is 0 Å². The lowest BCUT2D eigenvalue weighted by molar-refractivity contribution is 0.207. The fourth-order valence-corrected chi connectivity index (χ4v) is 2.23. The molecule has 108 valence electrons. The number of anilines is 1. The largest absolute Gasteiger partial charge is 0.420 e. The second kappa shape index (κ2) is 5.97. The molecule has 1 saturated carbocycles. The van der Waals surface area contributed by atoms with Crippen LogP contribution in [0, 0.1) is 0 Å². The third-order valence-corrected chi connectivity index (χ3v) is 3.51. The topological polar surface area (TPSA) is 55.6 Å². The number of benzene rings is 2. The highest BCUT2D eigenvalue weighted by Crippen LogP contribution is 2.32. The van der Waals surface area contributed by atoms with Gasteiger partial charge in [0.05, 0.1) is 0 Å². The SMILES string of the molecule is NCc1ccc(N(C(=O)Oc2ccccc2)C2CC2)cc1. The maximum atomic E-state index is 12.4. The summed E-state index contributed by atoms with van der Waals surface area (Å²) in [7, 11) is 0. The van der Waals surface area contributed by atoms with Gasteiger partial charge >= 0.3 is 6.09 Å². The minimum Gasteiger partial charge on any atom is -0.410 e. The first-order valence-electron chi connectivity index (χ1n) is 7.13. The molecule has 0 saturated heterocycles. The van der Waals surface area contributed by atoms with Crippen molar-refractivity contribution in [1.82, 2.24) is 0 Å². The number of hydrogen-bond acceptors (Lipinski definition) is 3. The standard InChI is InChI=1S/C17H18N2O2/c18-12-13-6-8-14(9-7-13)19(15-10-11-15)17(20)21-16-4-2-1-3-5-16/h1-9,15H,10-12,18H2. The quantitative estimate of drug-likeness (QED) is 0.936. The zero-order valence-electron chi connectivity index (χ0n) is 11.7. The second-order valence-electron chi connectivity index (χ2n) is 5.15. The number of ether oxygens (including phenoxy) is 1. The zero-order valence-corrected chi connectivity index (χ0v) is 11.7. The van der Waals surface area contributed by atoms with Crippen LogP contribution in [0.5, 0.6) is 5.75 Å². The molecule has 0 aromatic heterocycles. The molecule has 4 heteroatoms. The van der Waals surface area contributed by atoms with Crippen molar-refractivity contribution in [2.24, 2.45) is 5.73 Å². The smallest absolute Gasteiger partial charge is 0.410 e. The first kappa shape index (κ1) is 13.6. The molecule has 0 atom stereocenters. The molecule has 0 aliphatic heterocycles. The first-order valence-corrected chi connectivity index (χ1v) is 7.13. The van der Waals surface area contributed by atoms with E-state index in [1.165, 1.54) is 0 Å². The summed E-state index contributed by atoms with van der Waals surface area (Å²) in [5, 5.41) is 0. The summed E-state index contributed by atoms with van der Waals surface area (Å²) in [5.74, 6) is 0.562. The number of hydrogen-bond donors (Lipinski definition) is 1. The van der Waals surface area contributed by atoms with Crippen LogP contribution in [-0.4, -0.2) is 12.1 Å². The molecular formula is C17H18N2O2. The van der Waals surface area contributed by atoms with E-state index in [1.54, 1.807) is 17.0 Å². The summed E-state index contributed by atoms with van der Waals surface area (Å²) in [6, 6.07) is 17.1. The van der Waals surface area contributed by atoms with Gasteiger partial charge < -0.3 is 10.5 Å². The lowest BCUT2D eigenvalue weighted by Crippen LogP contribution is -2.35. The van der Waals surface area contributed by atoms with Crippen molar-refractivity contribution < 1.29 is 9.53 Å². The van der Waals surface area contributed by atoms with E-state index >= 15 is 0 Å². The minimum absolute atomic E-state index is 0.241. The summed E-state index contributed by atoms with van der Waals surface area (Å²) in [6.45, 7) is 0.498. The molecule has 0 unspecified atom stereocenters. The highest BCUT2D eigenvalue weighted by molar-refractivity contribution is 5.90. The van der Waals surface area contributed by atoms with Crippen LogP contribution in [0.3, 0.4) is 0 Å². The van der Waals surface area contributed by atoms with E-state index in [2.05, 4.69) is 0 Å². The molecule has 0 radical (unpaired) electrons. The van der Waals surface area contributed by atoms with Gasteiger partial charge in [0, 0.05) is 18.3 Å². The Kier molecular flexibility index (Phi) is 3.88. The maximum Gasteiger partial charge on any atom is 0.420 e. The Morgan fingerprint density at radius 3 is 2.33 bits per heavy atom. The normalized spacial score (nSPS) is 13.8. The molecule has 1 fully saturated rings. The molecule has 1 aliphatic carbocycles. The van der Waals surface area contributed by atoms with Gasteiger partial charge in [-0.3, -0.25) is 4.90 Å². The summed E-state index contributed by atoms with van der Waals surface area (Å²) in [5.41, 5.74) is 7.51. The Morgan fingerprint density at radius 2 is 1.76 bits per heavy atom. The Morgan fingerprint density at radius 1 is 1.10 bits per heavy atom. The van der Waals surface area contributed by atoms with Gasteiger partial charge in [-0.25, -0.2) is 4.79 Å². The zero-order chi connectivity index (χ0) is 14.7. The molecule has 4 nitrogen and oxygen atoms in total. The van der Waals surface area contributed by atoms with Gasteiger partial charge in [-0.05, 0) is 42.7 Å². The third-order valence-electron chi connectivity index (χ3n) is 3.51. The third kappa shape index (κ3) is 3.23. The summed E-state index contributed by atoms with van der Waals surface area (Å²) < 4.78 is 5.45. The van der Waals surface area contributed by atoms with E-state index in [0.29, 0.717) is 12.3 Å². The lowest BCUT2D eigenvalue weighted by atomic mass is 10.2. The molecule has 2 aromatic rings. The summed E-state index contributed by atoms with van der Waals surface area (Å²) in [4.78, 5) is 14.2. The summed E-state index contributed by atoms with van der Waals surface area (Å²) >= 11 is 0. The second-order valence-corrected chi connectivity index (χ2v) is 5.15. The molecule has 3 rings (SSSR count). The van der Waals surface area contributed by atoms with Crippen molar-refractivity contribution in [3.05, 3.63) is 60.2 Å². The number of rotatable bonds is 4. The molecule has 0 bridgehead atoms. The number of nitrogens with two attached hydrogens (primary N) is 1. The van der Waals surface area contributed by atoms with Crippen LogP contribution in [-0.2, 0) is 6.54 Å². The minimum atomic E-state index is -0.329. The molecule has 0 heterocycles. The van der Waals surface area contributed by atoms with Crippen molar-refractivity contribution in [2.75, 3.05) is 4.90 Å². The fraction of sp³-hybridized carbons (Fsp3) is 0.235. The van der Waals surface area contributed by atoms with E-state index in [4.69, 9.17) is 10.5 Å². The van der Waals surface area contributed by atoms with Crippen LogP contribution in [0.15, 0.2) is 54.6 Å².